The van der Waals surface area contributed by atoms with Crippen molar-refractivity contribution in [1.82, 2.24) is 24.8 Å². The van der Waals surface area contributed by atoms with Gasteiger partial charge in [-0.3, -0.25) is 9.36 Å². The smallest absolute Gasteiger partial charge is 0.252 e. The molecule has 11 heteroatoms. The number of carbonyl (C=O) groups excluding carboxylic acids is 1. The lowest BCUT2D eigenvalue weighted by Crippen LogP contribution is -2.42. The second-order valence-corrected chi connectivity index (χ2v) is 6.31. The number of carbonyl (C=O) groups is 1. The number of nitrogens with two attached hydrogens (primary N) is 1. The highest BCUT2D eigenvalue weighted by Gasteiger charge is 2.47. The fourth-order valence-electron chi connectivity index (χ4n) is 3.03. The van der Waals surface area contributed by atoms with Crippen molar-refractivity contribution in [2.24, 2.45) is 0 Å². The van der Waals surface area contributed by atoms with Crippen LogP contribution < -0.4 is 11.1 Å². The second kappa shape index (κ2) is 7.51. The lowest BCUT2D eigenvalue weighted by Gasteiger charge is -2.16. The molecule has 4 heterocycles. The summed E-state index contributed by atoms with van der Waals surface area (Å²) in [5, 5.41) is 23.2. The predicted octanol–water partition coefficient (Wildman–Crippen LogP) is -0.843. The summed E-state index contributed by atoms with van der Waals surface area (Å²) < 4.78 is 12.1. The van der Waals surface area contributed by atoms with Gasteiger partial charge in [-0.05, 0) is 30.9 Å². The Kier molecular flexibility index (Phi) is 4.89. The van der Waals surface area contributed by atoms with Crippen LogP contribution in [0.5, 0.6) is 0 Å². The zero-order chi connectivity index (χ0) is 20.5. The fourth-order valence-corrected chi connectivity index (χ4v) is 3.03. The molecule has 11 nitrogen and oxygen atoms in total. The molecular formula is C18H18N6O5. The number of aliphatic hydroxyl groups excluding tert-OH is 2. The molecule has 0 spiro atoms. The van der Waals surface area contributed by atoms with Crippen LogP contribution >= 0.6 is 0 Å². The average molecular weight is 398 g/mol. The van der Waals surface area contributed by atoms with Crippen molar-refractivity contribution in [1.29, 1.82) is 0 Å². The molecule has 0 bridgehead atoms. The van der Waals surface area contributed by atoms with Gasteiger partial charge in [0.25, 0.3) is 5.91 Å². The minimum absolute atomic E-state index is 0.0887. The molecule has 3 aromatic heterocycles. The van der Waals surface area contributed by atoms with Crippen molar-refractivity contribution >= 4 is 22.9 Å². The Hall–Kier alpha value is -3.46. The van der Waals surface area contributed by atoms with Gasteiger partial charge in [0.05, 0.1) is 12.6 Å². The number of nitrogen functional groups attached to an aromatic ring is 1. The summed E-state index contributed by atoms with van der Waals surface area (Å²) >= 11 is 0. The summed E-state index contributed by atoms with van der Waals surface area (Å²) in [6, 6.07) is 3.39. The van der Waals surface area contributed by atoms with Gasteiger partial charge in [0.1, 0.15) is 17.7 Å². The van der Waals surface area contributed by atoms with Gasteiger partial charge in [0.15, 0.2) is 29.6 Å². The number of fused-ring (bicyclic) bond motifs is 1. The van der Waals surface area contributed by atoms with Crippen molar-refractivity contribution < 1.29 is 24.2 Å². The van der Waals surface area contributed by atoms with E-state index in [0.29, 0.717) is 12.3 Å². The zero-order valence-corrected chi connectivity index (χ0v) is 15.3. The van der Waals surface area contributed by atoms with Crippen LogP contribution in [-0.4, -0.2) is 60.5 Å². The van der Waals surface area contributed by atoms with Gasteiger partial charge in [-0.25, -0.2) is 15.0 Å². The largest absolute Gasteiger partial charge is 0.456 e. The van der Waals surface area contributed by atoms with Crippen LogP contribution in [0.1, 0.15) is 24.7 Å². The Morgan fingerprint density at radius 3 is 2.90 bits per heavy atom. The van der Waals surface area contributed by atoms with Crippen LogP contribution in [-0.2, 0) is 9.53 Å². The third-order valence-electron chi connectivity index (χ3n) is 4.39. The fraction of sp³-hybridized carbons (Fsp3) is 0.333. The molecule has 4 rings (SSSR count). The van der Waals surface area contributed by atoms with Gasteiger partial charge in [-0.2, -0.15) is 0 Å². The first-order valence-electron chi connectivity index (χ1n) is 8.84. The number of aromatic nitrogens is 4. The summed E-state index contributed by atoms with van der Waals surface area (Å²) in [6.07, 6.45) is -2.28. The molecule has 3 aromatic rings. The van der Waals surface area contributed by atoms with E-state index in [2.05, 4.69) is 32.1 Å². The molecule has 1 amide bonds. The highest BCUT2D eigenvalue weighted by Crippen LogP contribution is 2.32. The number of rotatable bonds is 3. The Morgan fingerprint density at radius 2 is 2.17 bits per heavy atom. The van der Waals surface area contributed by atoms with E-state index in [1.807, 2.05) is 0 Å². The molecular weight excluding hydrogens is 380 g/mol. The van der Waals surface area contributed by atoms with E-state index in [4.69, 9.17) is 14.9 Å². The van der Waals surface area contributed by atoms with Gasteiger partial charge in [-0.15, -0.1) is 0 Å². The van der Waals surface area contributed by atoms with E-state index in [-0.39, 0.29) is 22.8 Å². The molecule has 1 saturated heterocycles. The first-order valence-corrected chi connectivity index (χ1v) is 8.84. The van der Waals surface area contributed by atoms with E-state index in [1.165, 1.54) is 17.2 Å². The number of anilines is 1. The maximum Gasteiger partial charge on any atom is 0.252 e. The number of likely N-dealkylation sites (N-methyl/N-ethyl adjacent to an activating group) is 1. The molecule has 1 aliphatic heterocycles. The second-order valence-electron chi connectivity index (χ2n) is 6.31. The topological polar surface area (TPSA) is 162 Å². The Labute approximate surface area is 164 Å². The van der Waals surface area contributed by atoms with Crippen molar-refractivity contribution in [3.05, 3.63) is 36.3 Å². The van der Waals surface area contributed by atoms with Crippen molar-refractivity contribution in [2.75, 3.05) is 12.3 Å². The van der Waals surface area contributed by atoms with Crippen LogP contribution in [0.3, 0.4) is 0 Å². The minimum Gasteiger partial charge on any atom is -0.456 e. The van der Waals surface area contributed by atoms with E-state index in [1.54, 1.807) is 19.1 Å². The maximum atomic E-state index is 12.1. The van der Waals surface area contributed by atoms with E-state index in [0.717, 1.165) is 0 Å². The molecule has 1 unspecified atom stereocenters. The maximum absolute atomic E-state index is 12.1. The van der Waals surface area contributed by atoms with Crippen molar-refractivity contribution in [2.45, 2.75) is 31.5 Å². The van der Waals surface area contributed by atoms with Gasteiger partial charge >= 0.3 is 0 Å². The SMILES string of the molecule is CCNC(=O)[C@H]1OC(n2cnc3c(N)nc(C#Cc4ccco4)nc32)[C@H](O)[C@@H]1O. The molecule has 5 N–H and O–H groups in total. The van der Waals surface area contributed by atoms with E-state index in [9.17, 15) is 15.0 Å². The first kappa shape index (κ1) is 18.9. The third kappa shape index (κ3) is 3.40. The van der Waals surface area contributed by atoms with Crippen LogP contribution in [0.15, 0.2) is 29.1 Å². The van der Waals surface area contributed by atoms with Gasteiger partial charge in [-0.1, -0.05) is 0 Å². The molecule has 1 aliphatic rings. The molecule has 29 heavy (non-hydrogen) atoms. The van der Waals surface area contributed by atoms with Crippen LogP contribution in [0.2, 0.25) is 0 Å². The van der Waals surface area contributed by atoms with Crippen LogP contribution in [0.25, 0.3) is 11.2 Å². The lowest BCUT2D eigenvalue weighted by molar-refractivity contribution is -0.137. The highest BCUT2D eigenvalue weighted by atomic mass is 16.6. The van der Waals surface area contributed by atoms with Crippen molar-refractivity contribution in [3.8, 4) is 11.8 Å². The van der Waals surface area contributed by atoms with E-state index >= 15 is 0 Å². The molecule has 4 atom stereocenters. The number of hydrogen-bond donors (Lipinski definition) is 4. The quantitative estimate of drug-likeness (QED) is 0.412. The Balaban J connectivity index is 1.70. The molecule has 150 valence electrons. The zero-order valence-electron chi connectivity index (χ0n) is 15.3. The number of imidazole rings is 1. The standard InChI is InChI=1S/C18H18N6O5/c1-2-20-17(27)14-12(25)13(26)18(29-14)24-8-21-11-15(19)22-10(23-16(11)24)6-5-9-4-3-7-28-9/h3-4,7-8,12-14,18,25-26H,2H2,1H3,(H,20,27)(H2,19,22,23)/t12-,13+,14-,18?/m0/s1. The van der Waals surface area contributed by atoms with Crippen molar-refractivity contribution in [3.63, 3.8) is 0 Å². The number of aliphatic hydroxyl groups is 2. The Bertz CT molecular complexity index is 1100. The summed E-state index contributed by atoms with van der Waals surface area (Å²) in [5.41, 5.74) is 6.48. The molecule has 0 saturated carbocycles. The molecule has 0 aliphatic carbocycles. The number of furan rings is 1. The average Bonchev–Trinajstić information content (AvgIpc) is 3.41. The highest BCUT2D eigenvalue weighted by molar-refractivity contribution is 5.83. The lowest BCUT2D eigenvalue weighted by atomic mass is 10.1. The number of amides is 1. The molecule has 0 aromatic carbocycles. The molecule has 0 radical (unpaired) electrons. The third-order valence-corrected chi connectivity index (χ3v) is 4.39. The van der Waals surface area contributed by atoms with Gasteiger partial charge in [0.2, 0.25) is 5.82 Å². The van der Waals surface area contributed by atoms with Crippen LogP contribution in [0.4, 0.5) is 5.82 Å². The number of hydrogen-bond acceptors (Lipinski definition) is 9. The summed E-state index contributed by atoms with van der Waals surface area (Å²) in [5.74, 6) is 5.62. The van der Waals surface area contributed by atoms with Gasteiger partial charge in [0, 0.05) is 6.54 Å². The first-order chi connectivity index (χ1) is 14.0. The molecule has 1 fully saturated rings. The number of nitrogens with one attached hydrogen (secondary N) is 1. The van der Waals surface area contributed by atoms with Crippen LogP contribution in [0, 0.1) is 11.8 Å². The van der Waals surface area contributed by atoms with E-state index < -0.39 is 30.4 Å². The normalized spacial score (nSPS) is 23.7. The Morgan fingerprint density at radius 1 is 1.34 bits per heavy atom. The predicted molar refractivity (Wildman–Crippen MR) is 99.0 cm³/mol. The monoisotopic (exact) mass is 398 g/mol. The number of nitrogens with zero attached hydrogens (tertiary/aromatic N) is 4. The van der Waals surface area contributed by atoms with Gasteiger partial charge < -0.3 is 30.4 Å². The summed E-state index contributed by atoms with van der Waals surface area (Å²) in [7, 11) is 0. The number of ether oxygens (including phenoxy) is 1. The summed E-state index contributed by atoms with van der Waals surface area (Å²) in [6.45, 7) is 2.10. The summed E-state index contributed by atoms with van der Waals surface area (Å²) in [4.78, 5) is 24.7. The minimum atomic E-state index is -1.42.